The number of Topliss-reactive ketones (excluding diaryl/α,β-unsaturated/α-hetero) is 1. The van der Waals surface area contributed by atoms with Crippen LogP contribution in [0.3, 0.4) is 0 Å². The molecule has 5 nitrogen and oxygen atoms in total. The first-order chi connectivity index (χ1) is 13.7. The van der Waals surface area contributed by atoms with E-state index in [4.69, 9.17) is 21.7 Å². The summed E-state index contributed by atoms with van der Waals surface area (Å²) in [5.41, 5.74) is 1.32. The fourth-order valence-corrected chi connectivity index (χ4v) is 3.04. The van der Waals surface area contributed by atoms with Crippen molar-refractivity contribution in [2.45, 2.75) is 51.9 Å². The highest BCUT2D eigenvalue weighted by Crippen LogP contribution is 2.12. The fourth-order valence-electron chi connectivity index (χ4n) is 2.65. The average Bonchev–Trinajstić information content (AvgIpc) is 2.66. The number of amides is 1. The lowest BCUT2D eigenvalue weighted by atomic mass is 10.0. The minimum atomic E-state index is -0.762. The van der Waals surface area contributed by atoms with Crippen molar-refractivity contribution >= 4 is 29.1 Å². The Hall–Kier alpha value is -2.73. The molecule has 29 heavy (non-hydrogen) atoms. The minimum absolute atomic E-state index is 0.0525. The van der Waals surface area contributed by atoms with Gasteiger partial charge in [0, 0.05) is 0 Å². The number of rotatable bonds is 8. The van der Waals surface area contributed by atoms with E-state index in [9.17, 15) is 9.59 Å². The first-order valence-corrected chi connectivity index (χ1v) is 9.89. The van der Waals surface area contributed by atoms with E-state index < -0.39 is 17.7 Å². The monoisotopic (exact) mass is 413 g/mol. The maximum Gasteiger partial charge on any atom is 0.408 e. The standard InChI is InChI=1S/C23H27NO4S/c1-23(2,3)28-21(29)15-20(25)19(14-17-10-6-4-7-11-17)24-22(26)27-16-18-12-8-5-9-13-18/h4-13,19H,14-16H2,1-3H3,(H,24,26)/t19-/m1/s1. The number of thiocarbonyl (C=S) groups is 1. The summed E-state index contributed by atoms with van der Waals surface area (Å²) in [4.78, 5) is 25.1. The summed E-state index contributed by atoms with van der Waals surface area (Å²) in [6, 6.07) is 18.1. The number of hydrogen-bond donors (Lipinski definition) is 1. The van der Waals surface area contributed by atoms with Crippen molar-refractivity contribution < 1.29 is 19.1 Å². The number of carbonyl (C=O) groups is 2. The zero-order valence-corrected chi connectivity index (χ0v) is 17.8. The molecule has 2 rings (SSSR count). The van der Waals surface area contributed by atoms with Gasteiger partial charge in [0.15, 0.2) is 10.8 Å². The smallest absolute Gasteiger partial charge is 0.408 e. The second kappa shape index (κ2) is 10.7. The molecular formula is C23H27NO4S. The zero-order chi connectivity index (χ0) is 21.3. The lowest BCUT2D eigenvalue weighted by Gasteiger charge is -2.23. The lowest BCUT2D eigenvalue weighted by molar-refractivity contribution is -0.120. The molecule has 1 atom stereocenters. The van der Waals surface area contributed by atoms with Crippen LogP contribution in [0.1, 0.15) is 38.3 Å². The largest absolute Gasteiger partial charge is 0.481 e. The van der Waals surface area contributed by atoms with Gasteiger partial charge in [-0.1, -0.05) is 60.7 Å². The molecule has 154 valence electrons. The molecule has 1 N–H and O–H groups in total. The topological polar surface area (TPSA) is 64.6 Å². The van der Waals surface area contributed by atoms with E-state index in [1.165, 1.54) is 0 Å². The molecule has 0 aliphatic heterocycles. The molecule has 0 aliphatic carbocycles. The van der Waals surface area contributed by atoms with Crippen LogP contribution in [0.25, 0.3) is 0 Å². The van der Waals surface area contributed by atoms with Gasteiger partial charge in [-0.2, -0.15) is 0 Å². The van der Waals surface area contributed by atoms with Crippen molar-refractivity contribution in [1.29, 1.82) is 0 Å². The van der Waals surface area contributed by atoms with Gasteiger partial charge in [0.2, 0.25) is 0 Å². The molecule has 0 heterocycles. The van der Waals surface area contributed by atoms with Gasteiger partial charge in [0.05, 0.1) is 12.5 Å². The third-order valence-electron chi connectivity index (χ3n) is 3.91. The summed E-state index contributed by atoms with van der Waals surface area (Å²) >= 11 is 5.20. The molecule has 0 bridgehead atoms. The molecule has 0 aliphatic rings. The van der Waals surface area contributed by atoms with Gasteiger partial charge in [-0.25, -0.2) is 4.79 Å². The molecule has 2 aromatic carbocycles. The van der Waals surface area contributed by atoms with Crippen LogP contribution in [0, 0.1) is 0 Å². The van der Waals surface area contributed by atoms with Crippen LogP contribution in [0.15, 0.2) is 60.7 Å². The van der Waals surface area contributed by atoms with Gasteiger partial charge in [-0.3, -0.25) is 4.79 Å². The van der Waals surface area contributed by atoms with E-state index in [0.29, 0.717) is 6.42 Å². The Kier molecular flexibility index (Phi) is 8.34. The van der Waals surface area contributed by atoms with Gasteiger partial charge in [-0.15, -0.1) is 0 Å². The molecule has 2 aromatic rings. The van der Waals surface area contributed by atoms with E-state index >= 15 is 0 Å². The molecule has 6 heteroatoms. The Morgan fingerprint density at radius 3 is 2.07 bits per heavy atom. The molecule has 0 spiro atoms. The summed E-state index contributed by atoms with van der Waals surface area (Å²) in [7, 11) is 0. The third-order valence-corrected chi connectivity index (χ3v) is 4.14. The zero-order valence-electron chi connectivity index (χ0n) is 17.0. The molecule has 0 unspecified atom stereocenters. The number of hydrogen-bond acceptors (Lipinski definition) is 5. The third kappa shape index (κ3) is 8.87. The predicted molar refractivity (Wildman–Crippen MR) is 117 cm³/mol. The van der Waals surface area contributed by atoms with Crippen molar-refractivity contribution in [3.8, 4) is 0 Å². The molecular weight excluding hydrogens is 386 g/mol. The normalized spacial score (nSPS) is 12.0. The summed E-state index contributed by atoms with van der Waals surface area (Å²) in [5, 5.41) is 2.89. The maximum atomic E-state index is 12.8. The number of nitrogens with one attached hydrogen (secondary N) is 1. The predicted octanol–water partition coefficient (Wildman–Crippen LogP) is 4.63. The SMILES string of the molecule is CC(C)(C)OC(=S)CC(=O)[C@@H](Cc1ccccc1)NC(=O)OCc1ccccc1. The van der Waals surface area contributed by atoms with Gasteiger partial charge >= 0.3 is 6.09 Å². The van der Waals surface area contributed by atoms with Gasteiger partial charge in [-0.05, 0) is 50.5 Å². The first kappa shape index (κ1) is 22.6. The van der Waals surface area contributed by atoms with Crippen LogP contribution in [-0.2, 0) is 27.3 Å². The Bertz CT molecular complexity index is 816. The van der Waals surface area contributed by atoms with Crippen LogP contribution < -0.4 is 5.32 Å². The summed E-state index contributed by atoms with van der Waals surface area (Å²) < 4.78 is 10.9. The summed E-state index contributed by atoms with van der Waals surface area (Å²) in [6.07, 6.45) is -0.354. The highest BCUT2D eigenvalue weighted by molar-refractivity contribution is 7.80. The van der Waals surface area contributed by atoms with E-state index in [0.717, 1.165) is 11.1 Å². The van der Waals surface area contributed by atoms with Crippen LogP contribution in [0.4, 0.5) is 4.79 Å². The first-order valence-electron chi connectivity index (χ1n) is 9.48. The summed E-state index contributed by atoms with van der Waals surface area (Å²) in [5.74, 6) is -0.222. The Morgan fingerprint density at radius 2 is 1.52 bits per heavy atom. The number of benzene rings is 2. The van der Waals surface area contributed by atoms with E-state index in [1.54, 1.807) is 0 Å². The molecule has 0 fully saturated rings. The number of alkyl carbamates (subject to hydrolysis) is 1. The average molecular weight is 414 g/mol. The lowest BCUT2D eigenvalue weighted by Crippen LogP contribution is -2.43. The van der Waals surface area contributed by atoms with E-state index in [1.807, 2.05) is 81.4 Å². The summed E-state index contributed by atoms with van der Waals surface area (Å²) in [6.45, 7) is 5.73. The highest BCUT2D eigenvalue weighted by Gasteiger charge is 2.25. The fraction of sp³-hybridized carbons (Fsp3) is 0.348. The quantitative estimate of drug-likeness (QED) is 0.640. The van der Waals surface area contributed by atoms with Crippen LogP contribution in [0.5, 0.6) is 0 Å². The Morgan fingerprint density at radius 1 is 0.966 bits per heavy atom. The van der Waals surface area contributed by atoms with Crippen LogP contribution >= 0.6 is 12.2 Å². The Balaban J connectivity index is 2.00. The minimum Gasteiger partial charge on any atom is -0.481 e. The van der Waals surface area contributed by atoms with Crippen molar-refractivity contribution in [1.82, 2.24) is 5.32 Å². The van der Waals surface area contributed by atoms with Crippen molar-refractivity contribution in [2.75, 3.05) is 0 Å². The second-order valence-corrected chi connectivity index (χ2v) is 8.13. The number of carbonyl (C=O) groups excluding carboxylic acids is 2. The van der Waals surface area contributed by atoms with Gasteiger partial charge < -0.3 is 14.8 Å². The van der Waals surface area contributed by atoms with Crippen molar-refractivity contribution in [3.63, 3.8) is 0 Å². The molecule has 1 amide bonds. The molecule has 0 saturated carbocycles. The highest BCUT2D eigenvalue weighted by atomic mass is 32.1. The van der Waals surface area contributed by atoms with E-state index in [-0.39, 0.29) is 23.9 Å². The van der Waals surface area contributed by atoms with E-state index in [2.05, 4.69) is 5.32 Å². The number of ketones is 1. The molecule has 0 saturated heterocycles. The Labute approximate surface area is 177 Å². The second-order valence-electron chi connectivity index (χ2n) is 7.68. The van der Waals surface area contributed by atoms with Crippen molar-refractivity contribution in [3.05, 3.63) is 71.8 Å². The maximum absolute atomic E-state index is 12.8. The van der Waals surface area contributed by atoms with Gasteiger partial charge in [0.1, 0.15) is 12.2 Å². The molecule has 0 aromatic heterocycles. The number of ether oxygens (including phenoxy) is 2. The van der Waals surface area contributed by atoms with Crippen molar-refractivity contribution in [2.24, 2.45) is 0 Å². The van der Waals surface area contributed by atoms with Gasteiger partial charge in [0.25, 0.3) is 0 Å². The van der Waals surface area contributed by atoms with Crippen LogP contribution in [0.2, 0.25) is 0 Å². The van der Waals surface area contributed by atoms with Crippen LogP contribution in [-0.4, -0.2) is 28.6 Å². The molecule has 0 radical (unpaired) electrons.